The molecule has 2 aromatic rings. The number of carbonyl (C=O) groups is 2. The van der Waals surface area contributed by atoms with Gasteiger partial charge in [0.25, 0.3) is 5.91 Å². The first-order valence-electron chi connectivity index (χ1n) is 11.2. The van der Waals surface area contributed by atoms with E-state index in [-0.39, 0.29) is 17.7 Å². The lowest BCUT2D eigenvalue weighted by Crippen LogP contribution is -2.45. The molecule has 0 spiro atoms. The van der Waals surface area contributed by atoms with Gasteiger partial charge in [0.2, 0.25) is 11.7 Å². The van der Waals surface area contributed by atoms with Gasteiger partial charge < -0.3 is 28.7 Å². The van der Waals surface area contributed by atoms with Crippen molar-refractivity contribution in [2.45, 2.75) is 5.92 Å². The molecule has 2 unspecified atom stereocenters. The van der Waals surface area contributed by atoms with Crippen LogP contribution in [0.15, 0.2) is 36.4 Å². The molecule has 2 aliphatic rings. The fourth-order valence-corrected chi connectivity index (χ4v) is 4.79. The van der Waals surface area contributed by atoms with Gasteiger partial charge in [0, 0.05) is 42.7 Å². The van der Waals surface area contributed by atoms with Crippen molar-refractivity contribution in [1.29, 1.82) is 0 Å². The lowest BCUT2D eigenvalue weighted by atomic mass is 9.87. The van der Waals surface area contributed by atoms with Gasteiger partial charge in [-0.15, -0.1) is 0 Å². The summed E-state index contributed by atoms with van der Waals surface area (Å²) in [6.07, 6.45) is 0. The maximum atomic E-state index is 13.6. The zero-order valence-electron chi connectivity index (χ0n) is 19.6. The Labute approximate surface area is 204 Å². The first-order valence-corrected chi connectivity index (χ1v) is 11.6. The molecular weight excluding hydrogens is 460 g/mol. The highest BCUT2D eigenvalue weighted by atomic mass is 35.5. The third-order valence-corrected chi connectivity index (χ3v) is 6.71. The van der Waals surface area contributed by atoms with E-state index in [4.69, 9.17) is 30.5 Å². The normalized spacial score (nSPS) is 20.2. The van der Waals surface area contributed by atoms with Crippen LogP contribution in [0.4, 0.5) is 0 Å². The maximum absolute atomic E-state index is 13.6. The highest BCUT2D eigenvalue weighted by Crippen LogP contribution is 2.43. The molecule has 0 radical (unpaired) electrons. The second kappa shape index (κ2) is 10.5. The maximum Gasteiger partial charge on any atom is 0.253 e. The van der Waals surface area contributed by atoms with E-state index in [1.807, 2.05) is 17.0 Å². The van der Waals surface area contributed by atoms with E-state index in [0.29, 0.717) is 67.2 Å². The molecule has 4 rings (SSSR count). The lowest BCUT2D eigenvalue weighted by molar-refractivity contribution is -0.139. The van der Waals surface area contributed by atoms with E-state index in [1.54, 1.807) is 50.5 Å². The summed E-state index contributed by atoms with van der Waals surface area (Å²) in [5.74, 6) is 0.753. The Bertz CT molecular complexity index is 1010. The fourth-order valence-electron chi connectivity index (χ4n) is 4.67. The summed E-state index contributed by atoms with van der Waals surface area (Å²) in [6.45, 7) is 2.83. The molecule has 0 saturated carbocycles. The van der Waals surface area contributed by atoms with E-state index < -0.39 is 5.92 Å². The van der Waals surface area contributed by atoms with Crippen LogP contribution >= 0.6 is 11.6 Å². The summed E-state index contributed by atoms with van der Waals surface area (Å²) < 4.78 is 22.0. The van der Waals surface area contributed by atoms with Gasteiger partial charge >= 0.3 is 0 Å². The molecule has 2 fully saturated rings. The van der Waals surface area contributed by atoms with Crippen LogP contribution in [0.2, 0.25) is 5.02 Å². The van der Waals surface area contributed by atoms with Crippen molar-refractivity contribution in [2.24, 2.45) is 5.92 Å². The number of nitrogens with zero attached hydrogens (tertiary/aromatic N) is 2. The third-order valence-electron chi connectivity index (χ3n) is 6.45. The molecular formula is C25H29ClN2O6. The second-order valence-corrected chi connectivity index (χ2v) is 8.76. The van der Waals surface area contributed by atoms with Crippen molar-refractivity contribution in [2.75, 3.05) is 60.7 Å². The molecule has 0 N–H and O–H groups in total. The molecule has 2 aromatic carbocycles. The number of halogens is 1. The van der Waals surface area contributed by atoms with Gasteiger partial charge in [-0.25, -0.2) is 0 Å². The summed E-state index contributed by atoms with van der Waals surface area (Å²) in [5, 5.41) is 0.564. The Balaban J connectivity index is 1.69. The van der Waals surface area contributed by atoms with Crippen LogP contribution in [-0.2, 0) is 9.53 Å². The molecule has 2 heterocycles. The van der Waals surface area contributed by atoms with Crippen molar-refractivity contribution < 1.29 is 28.5 Å². The molecule has 8 nitrogen and oxygen atoms in total. The molecule has 0 aromatic heterocycles. The molecule has 0 aliphatic carbocycles. The molecule has 0 bridgehead atoms. The average Bonchev–Trinajstić information content (AvgIpc) is 3.33. The molecule has 2 atom stereocenters. The monoisotopic (exact) mass is 488 g/mol. The Morgan fingerprint density at radius 2 is 1.53 bits per heavy atom. The summed E-state index contributed by atoms with van der Waals surface area (Å²) >= 11 is 5.99. The quantitative estimate of drug-likeness (QED) is 0.622. The standard InChI is InChI=1S/C25H29ClN2O6/c1-31-21-12-17(13-22(32-2)23(21)33-3)19-14-28(24(29)16-4-6-18(26)7-5-16)15-20(19)25(30)27-8-10-34-11-9-27/h4-7,12-13,19-20H,8-11,14-15H2,1-3H3. The van der Waals surface area contributed by atoms with Crippen LogP contribution in [0.25, 0.3) is 0 Å². The van der Waals surface area contributed by atoms with Gasteiger partial charge in [0.15, 0.2) is 11.5 Å². The smallest absolute Gasteiger partial charge is 0.253 e. The summed E-state index contributed by atoms with van der Waals surface area (Å²) in [6, 6.07) is 10.5. The third kappa shape index (κ3) is 4.79. The van der Waals surface area contributed by atoms with Crippen LogP contribution < -0.4 is 14.2 Å². The van der Waals surface area contributed by atoms with Crippen LogP contribution in [0.3, 0.4) is 0 Å². The van der Waals surface area contributed by atoms with Crippen LogP contribution in [0.5, 0.6) is 17.2 Å². The zero-order chi connectivity index (χ0) is 24.2. The van der Waals surface area contributed by atoms with E-state index in [2.05, 4.69) is 0 Å². The first-order chi connectivity index (χ1) is 16.5. The Morgan fingerprint density at radius 1 is 0.912 bits per heavy atom. The lowest BCUT2D eigenvalue weighted by Gasteiger charge is -2.31. The summed E-state index contributed by atoms with van der Waals surface area (Å²) in [5.41, 5.74) is 1.39. The number of rotatable bonds is 6. The highest BCUT2D eigenvalue weighted by molar-refractivity contribution is 6.30. The number of carbonyl (C=O) groups excluding carboxylic acids is 2. The van der Waals surface area contributed by atoms with E-state index in [1.165, 1.54) is 0 Å². The van der Waals surface area contributed by atoms with Gasteiger partial charge in [-0.3, -0.25) is 9.59 Å². The molecule has 34 heavy (non-hydrogen) atoms. The molecule has 2 aliphatic heterocycles. The van der Waals surface area contributed by atoms with E-state index in [9.17, 15) is 9.59 Å². The van der Waals surface area contributed by atoms with Crippen LogP contribution in [0, 0.1) is 5.92 Å². The zero-order valence-corrected chi connectivity index (χ0v) is 20.3. The number of morpholine rings is 1. The van der Waals surface area contributed by atoms with Crippen molar-refractivity contribution in [3.05, 3.63) is 52.5 Å². The molecule has 2 saturated heterocycles. The largest absolute Gasteiger partial charge is 0.493 e. The average molecular weight is 489 g/mol. The van der Waals surface area contributed by atoms with Gasteiger partial charge in [-0.1, -0.05) is 11.6 Å². The number of hydrogen-bond donors (Lipinski definition) is 0. The Kier molecular flexibility index (Phi) is 7.48. The number of hydrogen-bond acceptors (Lipinski definition) is 6. The van der Waals surface area contributed by atoms with Gasteiger partial charge in [0.05, 0.1) is 40.5 Å². The minimum absolute atomic E-state index is 0.0217. The van der Waals surface area contributed by atoms with Gasteiger partial charge in [0.1, 0.15) is 0 Å². The summed E-state index contributed by atoms with van der Waals surface area (Å²) in [4.78, 5) is 30.5. The topological polar surface area (TPSA) is 77.5 Å². The fraction of sp³-hybridized carbons (Fsp3) is 0.440. The van der Waals surface area contributed by atoms with Crippen LogP contribution in [-0.4, -0.2) is 82.3 Å². The van der Waals surface area contributed by atoms with Crippen molar-refractivity contribution in [3.8, 4) is 17.2 Å². The minimum atomic E-state index is -0.405. The number of ether oxygens (including phenoxy) is 4. The minimum Gasteiger partial charge on any atom is -0.493 e. The molecule has 9 heteroatoms. The number of likely N-dealkylation sites (tertiary alicyclic amines) is 1. The first kappa shape index (κ1) is 24.2. The second-order valence-electron chi connectivity index (χ2n) is 8.33. The Morgan fingerprint density at radius 3 is 2.09 bits per heavy atom. The SMILES string of the molecule is COc1cc(C2CN(C(=O)c3ccc(Cl)cc3)CC2C(=O)N2CCOCC2)cc(OC)c1OC. The van der Waals surface area contributed by atoms with Gasteiger partial charge in [-0.05, 0) is 42.0 Å². The van der Waals surface area contributed by atoms with E-state index >= 15 is 0 Å². The molecule has 2 amide bonds. The van der Waals surface area contributed by atoms with Crippen molar-refractivity contribution >= 4 is 23.4 Å². The molecule has 182 valence electrons. The van der Waals surface area contributed by atoms with Crippen LogP contribution in [0.1, 0.15) is 21.8 Å². The van der Waals surface area contributed by atoms with Gasteiger partial charge in [-0.2, -0.15) is 0 Å². The van der Waals surface area contributed by atoms with E-state index in [0.717, 1.165) is 5.56 Å². The van der Waals surface area contributed by atoms with Crippen molar-refractivity contribution in [1.82, 2.24) is 9.80 Å². The predicted octanol–water partition coefficient (Wildman–Crippen LogP) is 3.08. The van der Waals surface area contributed by atoms with Crippen molar-refractivity contribution in [3.63, 3.8) is 0 Å². The predicted molar refractivity (Wildman–Crippen MR) is 127 cm³/mol. The number of methoxy groups -OCH3 is 3. The summed E-state index contributed by atoms with van der Waals surface area (Å²) in [7, 11) is 4.66. The Hall–Kier alpha value is -2.97. The number of amides is 2. The highest BCUT2D eigenvalue weighted by Gasteiger charge is 2.43. The number of benzene rings is 2.